The van der Waals surface area contributed by atoms with Gasteiger partial charge in [0.2, 0.25) is 11.8 Å². The first-order chi connectivity index (χ1) is 12.1. The van der Waals surface area contributed by atoms with E-state index in [2.05, 4.69) is 15.1 Å². The molecule has 0 radical (unpaired) electrons. The Morgan fingerprint density at radius 1 is 0.960 bits per heavy atom. The summed E-state index contributed by atoms with van der Waals surface area (Å²) in [5, 5.41) is 2.73. The highest BCUT2D eigenvalue weighted by Crippen LogP contribution is 2.16. The monoisotopic (exact) mass is 348 g/mol. The lowest BCUT2D eigenvalue weighted by atomic mass is 10.2. The number of hydrogen-bond donors (Lipinski definition) is 1. The molecule has 2 amide bonds. The Hall–Kier alpha value is -2.15. The van der Waals surface area contributed by atoms with Gasteiger partial charge in [0.25, 0.3) is 0 Å². The minimum Gasteiger partial charge on any atom is -0.369 e. The Kier molecular flexibility index (Phi) is 5.86. The number of piperazine rings is 1. The highest BCUT2D eigenvalue weighted by molar-refractivity contribution is 5.85. The van der Waals surface area contributed by atoms with Gasteiger partial charge in [-0.1, -0.05) is 0 Å². The molecule has 2 saturated heterocycles. The molecule has 136 valence electrons. The molecule has 0 aliphatic carbocycles. The average Bonchev–Trinajstić information content (AvgIpc) is 3.16. The maximum atomic E-state index is 13.0. The molecule has 2 fully saturated rings. The van der Waals surface area contributed by atoms with Crippen LogP contribution in [0.15, 0.2) is 24.3 Å². The van der Waals surface area contributed by atoms with Crippen LogP contribution in [0.1, 0.15) is 12.8 Å². The number of nitrogens with one attached hydrogen (secondary N) is 1. The molecule has 2 aliphatic rings. The van der Waals surface area contributed by atoms with E-state index in [4.69, 9.17) is 0 Å². The molecule has 0 spiro atoms. The maximum Gasteiger partial charge on any atom is 0.241 e. The third-order valence-corrected chi connectivity index (χ3v) is 4.83. The van der Waals surface area contributed by atoms with Crippen molar-refractivity contribution in [1.29, 1.82) is 0 Å². The number of rotatable bonds is 5. The summed E-state index contributed by atoms with van der Waals surface area (Å²) in [6, 6.07) is 6.49. The zero-order valence-corrected chi connectivity index (χ0v) is 14.4. The number of nitrogens with zero attached hydrogens (tertiary/aromatic N) is 3. The molecule has 0 bridgehead atoms. The van der Waals surface area contributed by atoms with E-state index >= 15 is 0 Å². The molecule has 2 heterocycles. The van der Waals surface area contributed by atoms with Crippen LogP contribution in [0.5, 0.6) is 0 Å². The van der Waals surface area contributed by atoms with Gasteiger partial charge in [-0.2, -0.15) is 0 Å². The van der Waals surface area contributed by atoms with Crippen molar-refractivity contribution in [2.45, 2.75) is 12.8 Å². The Bertz CT molecular complexity index is 594. The van der Waals surface area contributed by atoms with Crippen LogP contribution in [0.25, 0.3) is 0 Å². The number of anilines is 1. The summed E-state index contributed by atoms with van der Waals surface area (Å²) >= 11 is 0. The summed E-state index contributed by atoms with van der Waals surface area (Å²) in [6.45, 7) is 5.14. The van der Waals surface area contributed by atoms with E-state index in [9.17, 15) is 14.0 Å². The number of likely N-dealkylation sites (tertiary alicyclic amines) is 1. The minimum absolute atomic E-state index is 0.00646. The number of benzene rings is 1. The number of carbonyl (C=O) groups excluding carboxylic acids is 2. The van der Waals surface area contributed by atoms with Gasteiger partial charge in [-0.3, -0.25) is 14.5 Å². The Labute approximate surface area is 147 Å². The number of hydrogen-bond acceptors (Lipinski definition) is 4. The molecule has 3 rings (SSSR count). The van der Waals surface area contributed by atoms with Crippen molar-refractivity contribution in [3.05, 3.63) is 30.1 Å². The molecule has 0 atom stereocenters. The van der Waals surface area contributed by atoms with Crippen molar-refractivity contribution in [2.75, 3.05) is 57.3 Å². The van der Waals surface area contributed by atoms with Gasteiger partial charge >= 0.3 is 0 Å². The summed E-state index contributed by atoms with van der Waals surface area (Å²) in [5.41, 5.74) is 1.00. The van der Waals surface area contributed by atoms with Crippen molar-refractivity contribution >= 4 is 17.5 Å². The Morgan fingerprint density at radius 2 is 1.60 bits per heavy atom. The van der Waals surface area contributed by atoms with Gasteiger partial charge in [-0.05, 0) is 37.1 Å². The number of halogens is 1. The van der Waals surface area contributed by atoms with Crippen LogP contribution in [0.4, 0.5) is 10.1 Å². The predicted octanol–water partition coefficient (Wildman–Crippen LogP) is 0.686. The van der Waals surface area contributed by atoms with Gasteiger partial charge < -0.3 is 15.1 Å². The summed E-state index contributed by atoms with van der Waals surface area (Å²) in [7, 11) is 0. The number of amides is 2. The van der Waals surface area contributed by atoms with Gasteiger partial charge in [-0.25, -0.2) is 4.39 Å². The minimum atomic E-state index is -0.234. The van der Waals surface area contributed by atoms with E-state index in [1.54, 1.807) is 12.1 Å². The molecule has 6 nitrogen and oxygen atoms in total. The van der Waals surface area contributed by atoms with E-state index in [1.165, 1.54) is 12.1 Å². The molecule has 0 unspecified atom stereocenters. The van der Waals surface area contributed by atoms with Crippen molar-refractivity contribution in [2.24, 2.45) is 0 Å². The molecule has 25 heavy (non-hydrogen) atoms. The van der Waals surface area contributed by atoms with Crippen LogP contribution in [0.2, 0.25) is 0 Å². The van der Waals surface area contributed by atoms with E-state index < -0.39 is 0 Å². The zero-order chi connectivity index (χ0) is 17.6. The smallest absolute Gasteiger partial charge is 0.241 e. The van der Waals surface area contributed by atoms with Gasteiger partial charge in [0.15, 0.2) is 0 Å². The quantitative estimate of drug-likeness (QED) is 0.851. The van der Waals surface area contributed by atoms with Crippen molar-refractivity contribution < 1.29 is 14.0 Å². The third-order valence-electron chi connectivity index (χ3n) is 4.83. The molecule has 1 N–H and O–H groups in total. The fourth-order valence-corrected chi connectivity index (χ4v) is 3.33. The van der Waals surface area contributed by atoms with Crippen molar-refractivity contribution in [3.8, 4) is 0 Å². The Balaban J connectivity index is 1.37. The SMILES string of the molecule is O=C(CN1CCN(c2ccc(F)cc2)CC1)NCC(=O)N1CCCC1. The summed E-state index contributed by atoms with van der Waals surface area (Å²) < 4.78 is 13.0. The van der Waals surface area contributed by atoms with E-state index in [-0.39, 0.29) is 24.2 Å². The van der Waals surface area contributed by atoms with Gasteiger partial charge in [0, 0.05) is 45.0 Å². The summed E-state index contributed by atoms with van der Waals surface area (Å²) in [4.78, 5) is 30.0. The lowest BCUT2D eigenvalue weighted by Crippen LogP contribution is -2.50. The molecule has 0 aromatic heterocycles. The van der Waals surface area contributed by atoms with Crippen LogP contribution in [0, 0.1) is 5.82 Å². The normalized spacial score (nSPS) is 18.4. The van der Waals surface area contributed by atoms with Gasteiger partial charge in [-0.15, -0.1) is 0 Å². The molecular weight excluding hydrogens is 323 g/mol. The first-order valence-electron chi connectivity index (χ1n) is 8.89. The summed E-state index contributed by atoms with van der Waals surface area (Å²) in [5.74, 6) is -0.336. The predicted molar refractivity (Wildman–Crippen MR) is 93.9 cm³/mol. The maximum absolute atomic E-state index is 13.0. The highest BCUT2D eigenvalue weighted by atomic mass is 19.1. The standard InChI is InChI=1S/C18H25FN4O2/c19-15-3-5-16(6-4-15)22-11-9-21(10-12-22)14-17(24)20-13-18(25)23-7-1-2-8-23/h3-6H,1-2,7-14H2,(H,20,24). The third kappa shape index (κ3) is 4.92. The van der Waals surface area contributed by atoms with Crippen LogP contribution in [-0.4, -0.2) is 74.0 Å². The fourth-order valence-electron chi connectivity index (χ4n) is 3.33. The van der Waals surface area contributed by atoms with E-state index in [1.807, 2.05) is 4.90 Å². The molecule has 0 saturated carbocycles. The van der Waals surface area contributed by atoms with Crippen LogP contribution >= 0.6 is 0 Å². The molecule has 7 heteroatoms. The first-order valence-corrected chi connectivity index (χ1v) is 8.89. The second kappa shape index (κ2) is 8.29. The fraction of sp³-hybridized carbons (Fsp3) is 0.556. The molecule has 2 aliphatic heterocycles. The second-order valence-electron chi connectivity index (χ2n) is 6.60. The van der Waals surface area contributed by atoms with Crippen molar-refractivity contribution in [3.63, 3.8) is 0 Å². The lowest BCUT2D eigenvalue weighted by Gasteiger charge is -2.35. The Morgan fingerprint density at radius 3 is 2.24 bits per heavy atom. The van der Waals surface area contributed by atoms with Crippen LogP contribution in [-0.2, 0) is 9.59 Å². The van der Waals surface area contributed by atoms with Gasteiger partial charge in [0.05, 0.1) is 13.1 Å². The van der Waals surface area contributed by atoms with Crippen LogP contribution in [0.3, 0.4) is 0 Å². The second-order valence-corrected chi connectivity index (χ2v) is 6.60. The summed E-state index contributed by atoms with van der Waals surface area (Å²) in [6.07, 6.45) is 2.11. The van der Waals surface area contributed by atoms with Gasteiger partial charge in [0.1, 0.15) is 5.82 Å². The van der Waals surface area contributed by atoms with Crippen LogP contribution < -0.4 is 10.2 Å². The van der Waals surface area contributed by atoms with E-state index in [0.29, 0.717) is 6.54 Å². The van der Waals surface area contributed by atoms with E-state index in [0.717, 1.165) is 57.8 Å². The molecule has 1 aromatic carbocycles. The first kappa shape index (κ1) is 17.7. The van der Waals surface area contributed by atoms with Crippen molar-refractivity contribution in [1.82, 2.24) is 15.1 Å². The topological polar surface area (TPSA) is 55.9 Å². The lowest BCUT2D eigenvalue weighted by molar-refractivity contribution is -0.132. The zero-order valence-electron chi connectivity index (χ0n) is 14.4. The largest absolute Gasteiger partial charge is 0.369 e. The average molecular weight is 348 g/mol. The highest BCUT2D eigenvalue weighted by Gasteiger charge is 2.21. The molecular formula is C18H25FN4O2. The molecule has 1 aromatic rings. The number of carbonyl (C=O) groups is 2.